The van der Waals surface area contributed by atoms with Gasteiger partial charge in [-0.25, -0.2) is 4.79 Å². The number of carbonyl (C=O) groups excluding carboxylic acids is 3. The number of hydrogen-bond acceptors (Lipinski definition) is 3. The fourth-order valence-electron chi connectivity index (χ4n) is 3.53. The van der Waals surface area contributed by atoms with Crippen molar-refractivity contribution in [3.05, 3.63) is 35.9 Å². The fraction of sp³-hybridized carbons (Fsp3) is 0.526. The van der Waals surface area contributed by atoms with Crippen LogP contribution in [-0.4, -0.2) is 35.3 Å². The number of hydrogen-bond donors (Lipinski definition) is 2. The molecule has 1 saturated heterocycles. The van der Waals surface area contributed by atoms with E-state index >= 15 is 0 Å². The summed E-state index contributed by atoms with van der Waals surface area (Å²) in [5.41, 5.74) is -0.320. The first-order valence-electron chi connectivity index (χ1n) is 8.97. The van der Waals surface area contributed by atoms with Gasteiger partial charge in [-0.3, -0.25) is 14.5 Å². The standard InChI is InChI=1S/C19H25N3O3/c1-3-11-19(15-7-5-4-6-8-15)17(24)22(18(25)21-19)12-16(23)20-13(2)14-9-10-14/h4-8,13-14H,3,9-12H2,1-2H3,(H,20,23)(H,21,25)/t13-,19+/m1/s1. The average molecular weight is 343 g/mol. The zero-order chi connectivity index (χ0) is 18.0. The molecule has 6 nitrogen and oxygen atoms in total. The molecule has 3 rings (SSSR count). The summed E-state index contributed by atoms with van der Waals surface area (Å²) in [4.78, 5) is 38.8. The van der Waals surface area contributed by atoms with Gasteiger partial charge in [-0.05, 0) is 37.7 Å². The second kappa shape index (κ2) is 6.86. The van der Waals surface area contributed by atoms with Crippen molar-refractivity contribution in [3.8, 4) is 0 Å². The highest BCUT2D eigenvalue weighted by molar-refractivity contribution is 6.09. The zero-order valence-electron chi connectivity index (χ0n) is 14.7. The summed E-state index contributed by atoms with van der Waals surface area (Å²) in [5.74, 6) is -0.112. The molecular weight excluding hydrogens is 318 g/mol. The molecule has 4 amide bonds. The van der Waals surface area contributed by atoms with E-state index in [1.807, 2.05) is 44.2 Å². The van der Waals surface area contributed by atoms with Gasteiger partial charge in [-0.2, -0.15) is 0 Å². The van der Waals surface area contributed by atoms with Gasteiger partial charge in [0.05, 0.1) is 0 Å². The van der Waals surface area contributed by atoms with E-state index in [1.165, 1.54) is 0 Å². The molecule has 2 N–H and O–H groups in total. The lowest BCUT2D eigenvalue weighted by Gasteiger charge is -2.27. The summed E-state index contributed by atoms with van der Waals surface area (Å²) in [6.45, 7) is 3.70. The quantitative estimate of drug-likeness (QED) is 0.745. The Morgan fingerprint density at radius 1 is 1.32 bits per heavy atom. The van der Waals surface area contributed by atoms with Crippen LogP contribution in [0.25, 0.3) is 0 Å². The number of imide groups is 1. The average Bonchev–Trinajstić information content (AvgIpc) is 3.41. The highest BCUT2D eigenvalue weighted by Crippen LogP contribution is 2.34. The van der Waals surface area contributed by atoms with Gasteiger partial charge in [0.2, 0.25) is 5.91 Å². The Kier molecular flexibility index (Phi) is 4.79. The predicted molar refractivity (Wildman–Crippen MR) is 93.6 cm³/mol. The first-order valence-corrected chi connectivity index (χ1v) is 8.97. The van der Waals surface area contributed by atoms with Crippen molar-refractivity contribution >= 4 is 17.8 Å². The van der Waals surface area contributed by atoms with Crippen LogP contribution in [0, 0.1) is 5.92 Å². The first-order chi connectivity index (χ1) is 12.0. The van der Waals surface area contributed by atoms with Gasteiger partial charge in [0.15, 0.2) is 0 Å². The maximum atomic E-state index is 13.1. The summed E-state index contributed by atoms with van der Waals surface area (Å²) in [6.07, 6.45) is 3.48. The van der Waals surface area contributed by atoms with Crippen LogP contribution in [0.15, 0.2) is 30.3 Å². The molecule has 1 aliphatic carbocycles. The number of nitrogens with zero attached hydrogens (tertiary/aromatic N) is 1. The van der Waals surface area contributed by atoms with Crippen LogP contribution in [-0.2, 0) is 15.1 Å². The van der Waals surface area contributed by atoms with Crippen molar-refractivity contribution in [1.29, 1.82) is 0 Å². The second-order valence-corrected chi connectivity index (χ2v) is 7.04. The van der Waals surface area contributed by atoms with E-state index in [-0.39, 0.29) is 24.4 Å². The van der Waals surface area contributed by atoms with E-state index in [2.05, 4.69) is 10.6 Å². The van der Waals surface area contributed by atoms with Crippen molar-refractivity contribution in [2.45, 2.75) is 51.1 Å². The largest absolute Gasteiger partial charge is 0.352 e. The number of carbonyl (C=O) groups is 3. The smallest absolute Gasteiger partial charge is 0.325 e. The van der Waals surface area contributed by atoms with Gasteiger partial charge in [0, 0.05) is 6.04 Å². The third-order valence-electron chi connectivity index (χ3n) is 5.09. The van der Waals surface area contributed by atoms with Crippen molar-refractivity contribution in [1.82, 2.24) is 15.5 Å². The molecule has 1 heterocycles. The topological polar surface area (TPSA) is 78.5 Å². The number of rotatable bonds is 7. The predicted octanol–water partition coefficient (Wildman–Crippen LogP) is 2.15. The minimum absolute atomic E-state index is 0.0859. The number of nitrogens with one attached hydrogen (secondary N) is 2. The van der Waals surface area contributed by atoms with E-state index in [0.717, 1.165) is 29.7 Å². The van der Waals surface area contributed by atoms with Gasteiger partial charge in [-0.1, -0.05) is 43.7 Å². The molecule has 1 aliphatic heterocycles. The zero-order valence-corrected chi connectivity index (χ0v) is 14.7. The maximum absolute atomic E-state index is 13.1. The van der Waals surface area contributed by atoms with Crippen molar-refractivity contribution in [3.63, 3.8) is 0 Å². The molecule has 0 spiro atoms. The SMILES string of the molecule is CCC[C@@]1(c2ccccc2)NC(=O)N(CC(=O)N[C@H](C)C2CC2)C1=O. The lowest BCUT2D eigenvalue weighted by atomic mass is 9.85. The van der Waals surface area contributed by atoms with Crippen LogP contribution in [0.3, 0.4) is 0 Å². The van der Waals surface area contributed by atoms with Crippen molar-refractivity contribution in [2.24, 2.45) is 5.92 Å². The molecule has 0 bridgehead atoms. The minimum atomic E-state index is -1.07. The Bertz CT molecular complexity index is 672. The maximum Gasteiger partial charge on any atom is 0.325 e. The Hall–Kier alpha value is -2.37. The van der Waals surface area contributed by atoms with Gasteiger partial charge < -0.3 is 10.6 Å². The number of urea groups is 1. The molecular formula is C19H25N3O3. The van der Waals surface area contributed by atoms with Gasteiger partial charge >= 0.3 is 6.03 Å². The third kappa shape index (κ3) is 3.38. The van der Waals surface area contributed by atoms with E-state index < -0.39 is 11.6 Å². The van der Waals surface area contributed by atoms with E-state index in [1.54, 1.807) is 0 Å². The van der Waals surface area contributed by atoms with Crippen LogP contribution in [0.2, 0.25) is 0 Å². The summed E-state index contributed by atoms with van der Waals surface area (Å²) in [7, 11) is 0. The molecule has 6 heteroatoms. The lowest BCUT2D eigenvalue weighted by molar-refractivity contribution is -0.135. The van der Waals surface area contributed by atoms with Gasteiger partial charge in [0.1, 0.15) is 12.1 Å². The summed E-state index contributed by atoms with van der Waals surface area (Å²) >= 11 is 0. The van der Waals surface area contributed by atoms with Crippen LogP contribution < -0.4 is 10.6 Å². The molecule has 2 atom stereocenters. The Morgan fingerprint density at radius 3 is 2.60 bits per heavy atom. The Labute approximate surface area is 148 Å². The molecule has 0 radical (unpaired) electrons. The molecule has 1 saturated carbocycles. The molecule has 25 heavy (non-hydrogen) atoms. The van der Waals surface area contributed by atoms with E-state index in [0.29, 0.717) is 12.3 Å². The number of benzene rings is 1. The summed E-state index contributed by atoms with van der Waals surface area (Å²) in [5, 5.41) is 5.73. The monoisotopic (exact) mass is 343 g/mol. The number of amides is 4. The molecule has 2 aliphatic rings. The van der Waals surface area contributed by atoms with Crippen LogP contribution >= 0.6 is 0 Å². The Morgan fingerprint density at radius 2 is 2.00 bits per heavy atom. The van der Waals surface area contributed by atoms with Gasteiger partial charge in [-0.15, -0.1) is 0 Å². The van der Waals surface area contributed by atoms with Crippen molar-refractivity contribution < 1.29 is 14.4 Å². The molecule has 0 unspecified atom stereocenters. The minimum Gasteiger partial charge on any atom is -0.352 e. The van der Waals surface area contributed by atoms with Crippen LogP contribution in [0.1, 0.15) is 45.1 Å². The highest BCUT2D eigenvalue weighted by atomic mass is 16.2. The molecule has 0 aromatic heterocycles. The summed E-state index contributed by atoms with van der Waals surface area (Å²) in [6, 6.07) is 8.82. The van der Waals surface area contributed by atoms with Crippen LogP contribution in [0.4, 0.5) is 4.79 Å². The van der Waals surface area contributed by atoms with Gasteiger partial charge in [0.25, 0.3) is 5.91 Å². The lowest BCUT2D eigenvalue weighted by Crippen LogP contribution is -2.46. The molecule has 1 aromatic carbocycles. The third-order valence-corrected chi connectivity index (χ3v) is 5.09. The summed E-state index contributed by atoms with van der Waals surface area (Å²) < 4.78 is 0. The van der Waals surface area contributed by atoms with E-state index in [4.69, 9.17) is 0 Å². The van der Waals surface area contributed by atoms with Crippen LogP contribution in [0.5, 0.6) is 0 Å². The molecule has 2 fully saturated rings. The fourth-order valence-corrected chi connectivity index (χ4v) is 3.53. The normalized spacial score (nSPS) is 24.2. The molecule has 1 aromatic rings. The Balaban J connectivity index is 1.76. The second-order valence-electron chi connectivity index (χ2n) is 7.04. The highest BCUT2D eigenvalue weighted by Gasteiger charge is 2.52. The molecule has 134 valence electrons. The van der Waals surface area contributed by atoms with Crippen molar-refractivity contribution in [2.75, 3.05) is 6.54 Å². The first kappa shape index (κ1) is 17.5. The van der Waals surface area contributed by atoms with E-state index in [9.17, 15) is 14.4 Å².